The van der Waals surface area contributed by atoms with Gasteiger partial charge in [0.2, 0.25) is 0 Å². The molecule has 4 heteroatoms. The van der Waals surface area contributed by atoms with Crippen LogP contribution in [0.5, 0.6) is 5.75 Å². The summed E-state index contributed by atoms with van der Waals surface area (Å²) in [4.78, 5) is 2.15. The number of methoxy groups -OCH3 is 1. The Bertz CT molecular complexity index is 424. The minimum Gasteiger partial charge on any atom is -0.495 e. The Hall–Kier alpha value is -1.57. The predicted molar refractivity (Wildman–Crippen MR) is 72.6 cm³/mol. The van der Waals surface area contributed by atoms with Gasteiger partial charge in [0, 0.05) is 19.1 Å². The Morgan fingerprint density at radius 1 is 1.44 bits per heavy atom. The van der Waals surface area contributed by atoms with Crippen molar-refractivity contribution in [3.8, 4) is 11.8 Å². The van der Waals surface area contributed by atoms with Gasteiger partial charge in [0.25, 0.3) is 0 Å². The monoisotopic (exact) mass is 247 g/mol. The largest absolute Gasteiger partial charge is 0.495 e. The molecule has 1 N–H and O–H groups in total. The lowest BCUT2D eigenvalue weighted by Gasteiger charge is -2.18. The van der Waals surface area contributed by atoms with E-state index in [-0.39, 0.29) is 0 Å². The van der Waals surface area contributed by atoms with E-state index < -0.39 is 0 Å². The molecule has 18 heavy (non-hydrogen) atoms. The van der Waals surface area contributed by atoms with Crippen molar-refractivity contribution in [3.63, 3.8) is 0 Å². The smallest absolute Gasteiger partial charge is 0.136 e. The second-order valence-electron chi connectivity index (χ2n) is 4.69. The molecule has 1 aromatic rings. The van der Waals surface area contributed by atoms with E-state index in [1.165, 1.54) is 0 Å². The molecule has 98 valence electrons. The maximum absolute atomic E-state index is 8.91. The maximum atomic E-state index is 8.91. The first-order valence-corrected chi connectivity index (χ1v) is 6.02. The Kier molecular flexibility index (Phi) is 5.63. The van der Waals surface area contributed by atoms with Crippen LogP contribution in [0.15, 0.2) is 18.2 Å². The topological polar surface area (TPSA) is 48.3 Å². The molecule has 1 rings (SSSR count). The normalized spacial score (nSPS) is 12.2. The number of hydrogen-bond acceptors (Lipinski definition) is 4. The summed E-state index contributed by atoms with van der Waals surface area (Å²) >= 11 is 0. The van der Waals surface area contributed by atoms with Gasteiger partial charge in [0.05, 0.1) is 12.7 Å². The SMILES string of the molecule is COc1cc(CNC(C)CN(C)C)ccc1C#N. The Morgan fingerprint density at radius 2 is 2.17 bits per heavy atom. The van der Waals surface area contributed by atoms with Crippen molar-refractivity contribution in [2.45, 2.75) is 19.5 Å². The summed E-state index contributed by atoms with van der Waals surface area (Å²) in [7, 11) is 5.70. The fourth-order valence-corrected chi connectivity index (χ4v) is 1.84. The Morgan fingerprint density at radius 3 is 2.72 bits per heavy atom. The molecule has 0 heterocycles. The van der Waals surface area contributed by atoms with Crippen molar-refractivity contribution in [2.75, 3.05) is 27.7 Å². The number of ether oxygens (including phenoxy) is 1. The summed E-state index contributed by atoms with van der Waals surface area (Å²) in [5.41, 5.74) is 1.69. The summed E-state index contributed by atoms with van der Waals surface area (Å²) < 4.78 is 5.19. The van der Waals surface area contributed by atoms with E-state index in [4.69, 9.17) is 10.00 Å². The number of likely N-dealkylation sites (N-methyl/N-ethyl adjacent to an activating group) is 1. The van der Waals surface area contributed by atoms with Crippen LogP contribution < -0.4 is 10.1 Å². The van der Waals surface area contributed by atoms with Gasteiger partial charge >= 0.3 is 0 Å². The van der Waals surface area contributed by atoms with Crippen molar-refractivity contribution in [2.24, 2.45) is 0 Å². The van der Waals surface area contributed by atoms with Gasteiger partial charge in [-0.1, -0.05) is 6.07 Å². The third-order valence-electron chi connectivity index (χ3n) is 2.68. The van der Waals surface area contributed by atoms with Gasteiger partial charge in [-0.3, -0.25) is 0 Å². The summed E-state index contributed by atoms with van der Waals surface area (Å²) in [6.45, 7) is 3.92. The third-order valence-corrected chi connectivity index (χ3v) is 2.68. The van der Waals surface area contributed by atoms with Gasteiger partial charge in [0.1, 0.15) is 11.8 Å². The molecule has 0 saturated carbocycles. The molecule has 0 spiro atoms. The first kappa shape index (κ1) is 14.5. The molecule has 0 aromatic heterocycles. The molecular weight excluding hydrogens is 226 g/mol. The van der Waals surface area contributed by atoms with E-state index in [2.05, 4.69) is 37.3 Å². The molecule has 0 saturated heterocycles. The maximum Gasteiger partial charge on any atom is 0.136 e. The highest BCUT2D eigenvalue weighted by molar-refractivity contribution is 5.45. The fraction of sp³-hybridized carbons (Fsp3) is 0.500. The van der Waals surface area contributed by atoms with E-state index in [1.54, 1.807) is 13.2 Å². The van der Waals surface area contributed by atoms with E-state index >= 15 is 0 Å². The van der Waals surface area contributed by atoms with E-state index in [0.717, 1.165) is 18.7 Å². The van der Waals surface area contributed by atoms with Gasteiger partial charge in [-0.15, -0.1) is 0 Å². The standard InChI is InChI=1S/C14H21N3O/c1-11(10-17(2)3)16-9-12-5-6-13(8-15)14(7-12)18-4/h5-7,11,16H,9-10H2,1-4H3. The second kappa shape index (κ2) is 7.00. The quantitative estimate of drug-likeness (QED) is 0.829. The molecule has 1 aromatic carbocycles. The van der Waals surface area contributed by atoms with Crippen molar-refractivity contribution >= 4 is 0 Å². The number of nitrogens with one attached hydrogen (secondary N) is 1. The average Bonchev–Trinajstić information content (AvgIpc) is 2.35. The van der Waals surface area contributed by atoms with E-state index in [1.807, 2.05) is 12.1 Å². The highest BCUT2D eigenvalue weighted by atomic mass is 16.5. The lowest BCUT2D eigenvalue weighted by molar-refractivity contribution is 0.349. The van der Waals surface area contributed by atoms with Crippen LogP contribution in [0.1, 0.15) is 18.1 Å². The van der Waals surface area contributed by atoms with Crippen LogP contribution in [0, 0.1) is 11.3 Å². The van der Waals surface area contributed by atoms with Crippen LogP contribution >= 0.6 is 0 Å². The summed E-state index contributed by atoms with van der Waals surface area (Å²) in [5, 5.41) is 12.3. The minimum absolute atomic E-state index is 0.418. The molecule has 0 aliphatic rings. The lowest BCUT2D eigenvalue weighted by Crippen LogP contribution is -2.35. The third kappa shape index (κ3) is 4.36. The molecule has 1 atom stereocenters. The molecule has 0 aliphatic carbocycles. The Labute approximate surface area is 109 Å². The summed E-state index contributed by atoms with van der Waals surface area (Å²) in [6.07, 6.45) is 0. The van der Waals surface area contributed by atoms with Crippen LogP contribution in [-0.2, 0) is 6.54 Å². The highest BCUT2D eigenvalue weighted by Crippen LogP contribution is 2.19. The van der Waals surface area contributed by atoms with Crippen LogP contribution in [0.4, 0.5) is 0 Å². The molecule has 4 nitrogen and oxygen atoms in total. The number of benzene rings is 1. The number of nitrogens with zero attached hydrogens (tertiary/aromatic N) is 2. The second-order valence-corrected chi connectivity index (χ2v) is 4.69. The van der Waals surface area contributed by atoms with Gasteiger partial charge in [-0.2, -0.15) is 5.26 Å². The molecule has 0 bridgehead atoms. The van der Waals surface area contributed by atoms with Crippen molar-refractivity contribution in [3.05, 3.63) is 29.3 Å². The van der Waals surface area contributed by atoms with Gasteiger partial charge in [-0.05, 0) is 38.7 Å². The number of nitriles is 1. The molecule has 0 aliphatic heterocycles. The molecule has 1 unspecified atom stereocenters. The molecule has 0 fully saturated rings. The number of hydrogen-bond donors (Lipinski definition) is 1. The zero-order valence-corrected chi connectivity index (χ0v) is 11.5. The van der Waals surface area contributed by atoms with Crippen LogP contribution in [0.3, 0.4) is 0 Å². The predicted octanol–water partition coefficient (Wildman–Crippen LogP) is 1.61. The van der Waals surface area contributed by atoms with Crippen LogP contribution in [0.25, 0.3) is 0 Å². The first-order chi connectivity index (χ1) is 8.56. The van der Waals surface area contributed by atoms with E-state index in [0.29, 0.717) is 17.4 Å². The van der Waals surface area contributed by atoms with E-state index in [9.17, 15) is 0 Å². The summed E-state index contributed by atoms with van der Waals surface area (Å²) in [6, 6.07) is 8.19. The molecule has 0 radical (unpaired) electrons. The van der Waals surface area contributed by atoms with Crippen LogP contribution in [-0.4, -0.2) is 38.7 Å². The van der Waals surface area contributed by atoms with Crippen LogP contribution in [0.2, 0.25) is 0 Å². The average molecular weight is 247 g/mol. The van der Waals surface area contributed by atoms with Gasteiger partial charge in [0.15, 0.2) is 0 Å². The Balaban J connectivity index is 2.61. The zero-order chi connectivity index (χ0) is 13.5. The van der Waals surface area contributed by atoms with Gasteiger partial charge < -0.3 is 15.0 Å². The highest BCUT2D eigenvalue weighted by Gasteiger charge is 2.06. The van der Waals surface area contributed by atoms with Gasteiger partial charge in [-0.25, -0.2) is 0 Å². The molecular formula is C14H21N3O. The first-order valence-electron chi connectivity index (χ1n) is 6.02. The molecule has 0 amide bonds. The van der Waals surface area contributed by atoms with Crippen molar-refractivity contribution in [1.29, 1.82) is 5.26 Å². The summed E-state index contributed by atoms with van der Waals surface area (Å²) in [5.74, 6) is 0.636. The van der Waals surface area contributed by atoms with Crippen molar-refractivity contribution < 1.29 is 4.74 Å². The lowest BCUT2D eigenvalue weighted by atomic mass is 10.1. The fourth-order valence-electron chi connectivity index (χ4n) is 1.84. The number of rotatable bonds is 6. The zero-order valence-electron chi connectivity index (χ0n) is 11.5. The minimum atomic E-state index is 0.418. The van der Waals surface area contributed by atoms with Crippen molar-refractivity contribution in [1.82, 2.24) is 10.2 Å².